The maximum atomic E-state index is 11.1. The van der Waals surface area contributed by atoms with Crippen molar-refractivity contribution in [1.82, 2.24) is 5.32 Å². The van der Waals surface area contributed by atoms with Crippen molar-refractivity contribution in [3.05, 3.63) is 0 Å². The Morgan fingerprint density at radius 1 is 1.47 bits per heavy atom. The van der Waals surface area contributed by atoms with Crippen molar-refractivity contribution in [2.45, 2.75) is 31.8 Å². The summed E-state index contributed by atoms with van der Waals surface area (Å²) in [6.07, 6.45) is 0.391. The van der Waals surface area contributed by atoms with Gasteiger partial charge in [-0.25, -0.2) is 0 Å². The number of carbonyl (C=O) groups is 2. The highest BCUT2D eigenvalue weighted by atomic mass is 16.4. The van der Waals surface area contributed by atoms with Crippen molar-refractivity contribution in [3.63, 3.8) is 0 Å². The molecule has 0 saturated heterocycles. The van der Waals surface area contributed by atoms with E-state index < -0.39 is 18.1 Å². The van der Waals surface area contributed by atoms with Gasteiger partial charge in [-0.3, -0.25) is 15.0 Å². The predicted octanol–water partition coefficient (Wildman–Crippen LogP) is -1.38. The third-order valence-corrected chi connectivity index (χ3v) is 1.90. The summed E-state index contributed by atoms with van der Waals surface area (Å²) in [5, 5.41) is 17.9. The molecule has 0 aliphatic rings. The SMILES string of the molecule is CC(=O)C(CC[C@H](N)C(=O)O)NC(=N)N. The van der Waals surface area contributed by atoms with E-state index in [-0.39, 0.29) is 24.6 Å². The normalized spacial score (nSPS) is 14.0. The average molecular weight is 216 g/mol. The lowest BCUT2D eigenvalue weighted by atomic mass is 10.0. The van der Waals surface area contributed by atoms with E-state index in [1.54, 1.807) is 0 Å². The Hall–Kier alpha value is -1.63. The second-order valence-corrected chi connectivity index (χ2v) is 3.24. The molecule has 7 heteroatoms. The molecule has 0 aromatic carbocycles. The number of carboxylic acid groups (broad SMARTS) is 1. The third-order valence-electron chi connectivity index (χ3n) is 1.90. The van der Waals surface area contributed by atoms with Gasteiger partial charge in [-0.2, -0.15) is 0 Å². The Morgan fingerprint density at radius 2 is 2.00 bits per heavy atom. The largest absolute Gasteiger partial charge is 0.480 e. The summed E-state index contributed by atoms with van der Waals surface area (Å²) in [7, 11) is 0. The van der Waals surface area contributed by atoms with E-state index in [2.05, 4.69) is 5.32 Å². The first-order valence-electron chi connectivity index (χ1n) is 4.44. The zero-order valence-electron chi connectivity index (χ0n) is 8.49. The Balaban J connectivity index is 4.13. The number of Topliss-reactive ketones (excluding diaryl/α,β-unsaturated/α-hetero) is 1. The first-order valence-corrected chi connectivity index (χ1v) is 4.44. The molecule has 86 valence electrons. The molecule has 0 aromatic rings. The molecule has 0 amide bonds. The van der Waals surface area contributed by atoms with Crippen molar-refractivity contribution in [2.24, 2.45) is 11.5 Å². The van der Waals surface area contributed by atoms with Crippen LogP contribution in [-0.2, 0) is 9.59 Å². The van der Waals surface area contributed by atoms with Crippen molar-refractivity contribution in [3.8, 4) is 0 Å². The van der Waals surface area contributed by atoms with E-state index in [0.717, 1.165) is 0 Å². The van der Waals surface area contributed by atoms with Crippen LogP contribution < -0.4 is 16.8 Å². The molecule has 15 heavy (non-hydrogen) atoms. The van der Waals surface area contributed by atoms with Gasteiger partial charge >= 0.3 is 5.97 Å². The van der Waals surface area contributed by atoms with Crippen LogP contribution in [0.3, 0.4) is 0 Å². The van der Waals surface area contributed by atoms with Crippen LogP contribution in [0.4, 0.5) is 0 Å². The number of carbonyl (C=O) groups excluding carboxylic acids is 1. The van der Waals surface area contributed by atoms with E-state index >= 15 is 0 Å². The molecule has 2 atom stereocenters. The molecular weight excluding hydrogens is 200 g/mol. The smallest absolute Gasteiger partial charge is 0.320 e. The second-order valence-electron chi connectivity index (χ2n) is 3.24. The van der Waals surface area contributed by atoms with Crippen molar-refractivity contribution < 1.29 is 14.7 Å². The number of ketones is 1. The van der Waals surface area contributed by atoms with Crippen LogP contribution in [0.1, 0.15) is 19.8 Å². The zero-order chi connectivity index (χ0) is 12.0. The van der Waals surface area contributed by atoms with Gasteiger partial charge in [0.25, 0.3) is 0 Å². The van der Waals surface area contributed by atoms with E-state index in [1.165, 1.54) is 6.92 Å². The number of nitrogens with two attached hydrogens (primary N) is 2. The third kappa shape index (κ3) is 5.63. The lowest BCUT2D eigenvalue weighted by Crippen LogP contribution is -2.44. The lowest BCUT2D eigenvalue weighted by molar-refractivity contribution is -0.138. The first kappa shape index (κ1) is 13.4. The van der Waals surface area contributed by atoms with E-state index in [1.807, 2.05) is 0 Å². The fourth-order valence-electron chi connectivity index (χ4n) is 1.03. The predicted molar refractivity (Wildman–Crippen MR) is 54.4 cm³/mol. The van der Waals surface area contributed by atoms with E-state index in [4.69, 9.17) is 22.0 Å². The maximum absolute atomic E-state index is 11.1. The minimum atomic E-state index is -1.11. The minimum Gasteiger partial charge on any atom is -0.480 e. The molecule has 0 aromatic heterocycles. The summed E-state index contributed by atoms with van der Waals surface area (Å²) in [6, 6.07) is -1.64. The van der Waals surface area contributed by atoms with Crippen LogP contribution >= 0.6 is 0 Å². The average Bonchev–Trinajstić information content (AvgIpc) is 2.10. The summed E-state index contributed by atoms with van der Waals surface area (Å²) in [4.78, 5) is 21.5. The van der Waals surface area contributed by atoms with Gasteiger partial charge in [-0.05, 0) is 19.8 Å². The zero-order valence-corrected chi connectivity index (χ0v) is 8.49. The Kier molecular flexibility index (Phi) is 5.32. The van der Waals surface area contributed by atoms with Crippen LogP contribution in [0, 0.1) is 5.41 Å². The molecule has 0 rings (SSSR count). The number of carboxylic acids is 1. The maximum Gasteiger partial charge on any atom is 0.320 e. The fourth-order valence-corrected chi connectivity index (χ4v) is 1.03. The number of nitrogens with one attached hydrogen (secondary N) is 2. The number of guanidine groups is 1. The fraction of sp³-hybridized carbons (Fsp3) is 0.625. The van der Waals surface area contributed by atoms with Crippen LogP contribution in [0.5, 0.6) is 0 Å². The van der Waals surface area contributed by atoms with E-state index in [9.17, 15) is 9.59 Å². The van der Waals surface area contributed by atoms with Crippen LogP contribution in [0.25, 0.3) is 0 Å². The molecule has 0 saturated carbocycles. The lowest BCUT2D eigenvalue weighted by Gasteiger charge is -2.16. The Morgan fingerprint density at radius 3 is 2.33 bits per heavy atom. The molecule has 7 N–H and O–H groups in total. The van der Waals surface area contributed by atoms with Gasteiger partial charge in [0.05, 0.1) is 6.04 Å². The van der Waals surface area contributed by atoms with E-state index in [0.29, 0.717) is 0 Å². The van der Waals surface area contributed by atoms with Crippen LogP contribution in [0.2, 0.25) is 0 Å². The molecule has 1 unspecified atom stereocenters. The van der Waals surface area contributed by atoms with Crippen molar-refractivity contribution >= 4 is 17.7 Å². The topological polar surface area (TPSA) is 142 Å². The molecule has 0 aliphatic heterocycles. The first-order chi connectivity index (χ1) is 6.84. The number of hydrogen-bond donors (Lipinski definition) is 5. The van der Waals surface area contributed by atoms with Crippen molar-refractivity contribution in [2.75, 3.05) is 0 Å². The highest BCUT2D eigenvalue weighted by molar-refractivity contribution is 5.87. The number of aliphatic carboxylic acids is 1. The van der Waals surface area contributed by atoms with Gasteiger partial charge in [-0.15, -0.1) is 0 Å². The second kappa shape index (κ2) is 5.97. The molecule has 0 spiro atoms. The minimum absolute atomic E-state index is 0.153. The highest BCUT2D eigenvalue weighted by Gasteiger charge is 2.18. The summed E-state index contributed by atoms with van der Waals surface area (Å²) >= 11 is 0. The summed E-state index contributed by atoms with van der Waals surface area (Å²) in [5.74, 6) is -1.64. The molecule has 0 heterocycles. The molecule has 0 bridgehead atoms. The Bertz CT molecular complexity index is 267. The molecule has 0 radical (unpaired) electrons. The van der Waals surface area contributed by atoms with Gasteiger partial charge < -0.3 is 21.9 Å². The number of rotatable bonds is 6. The number of hydrogen-bond acceptors (Lipinski definition) is 4. The molecule has 7 nitrogen and oxygen atoms in total. The molecule has 0 aliphatic carbocycles. The van der Waals surface area contributed by atoms with Gasteiger partial charge in [0.1, 0.15) is 6.04 Å². The Labute approximate surface area is 87.3 Å². The van der Waals surface area contributed by atoms with Gasteiger partial charge in [0, 0.05) is 0 Å². The highest BCUT2D eigenvalue weighted by Crippen LogP contribution is 2.01. The van der Waals surface area contributed by atoms with Gasteiger partial charge in [0.15, 0.2) is 11.7 Å². The quantitative estimate of drug-likeness (QED) is 0.273. The molecular formula is C8H16N4O3. The van der Waals surface area contributed by atoms with Gasteiger partial charge in [-0.1, -0.05) is 0 Å². The van der Waals surface area contributed by atoms with Crippen LogP contribution in [0.15, 0.2) is 0 Å². The summed E-state index contributed by atoms with van der Waals surface area (Å²) < 4.78 is 0. The summed E-state index contributed by atoms with van der Waals surface area (Å²) in [6.45, 7) is 1.34. The van der Waals surface area contributed by atoms with Crippen LogP contribution in [-0.4, -0.2) is 34.9 Å². The van der Waals surface area contributed by atoms with Crippen molar-refractivity contribution in [1.29, 1.82) is 5.41 Å². The summed E-state index contributed by atoms with van der Waals surface area (Å²) in [5.41, 5.74) is 10.3. The standard InChI is InChI=1S/C8H16N4O3/c1-4(13)6(12-8(10)11)3-2-5(9)7(14)15/h5-6H,2-3,9H2,1H3,(H,14,15)(H4,10,11,12)/t5-,6?/m0/s1. The van der Waals surface area contributed by atoms with Gasteiger partial charge in [0.2, 0.25) is 0 Å². The molecule has 0 fully saturated rings. The monoisotopic (exact) mass is 216 g/mol.